The summed E-state index contributed by atoms with van der Waals surface area (Å²) in [6.07, 6.45) is 2.29. The van der Waals surface area contributed by atoms with Crippen LogP contribution < -0.4 is 10.5 Å². The number of nitrogens with one attached hydrogen (secondary N) is 1. The second-order valence-corrected chi connectivity index (χ2v) is 7.05. The third kappa shape index (κ3) is 3.25. The highest BCUT2D eigenvalue weighted by Crippen LogP contribution is 2.36. The lowest BCUT2D eigenvalue weighted by molar-refractivity contribution is 0.489. The normalized spacial score (nSPS) is 17.4. The Morgan fingerprint density at radius 1 is 1.47 bits per heavy atom. The van der Waals surface area contributed by atoms with Crippen LogP contribution in [0, 0.1) is 24.6 Å². The largest absolute Gasteiger partial charge is 0.399 e. The van der Waals surface area contributed by atoms with Crippen molar-refractivity contribution >= 4 is 15.7 Å². The van der Waals surface area contributed by atoms with Gasteiger partial charge in [-0.1, -0.05) is 6.92 Å². The van der Waals surface area contributed by atoms with E-state index < -0.39 is 15.8 Å². The van der Waals surface area contributed by atoms with Gasteiger partial charge in [0.05, 0.1) is 0 Å². The standard InChI is InChI=1S/C13H19FN2O2S/c1-8-5-11(15)6-12(13(8)14)19(17,18)16-7-9(2)10-3-4-10/h5-6,9-10,16H,3-4,7,15H2,1-2H3. The third-order valence-electron chi connectivity index (χ3n) is 3.56. The first-order valence-corrected chi connectivity index (χ1v) is 7.85. The first-order chi connectivity index (χ1) is 8.81. The van der Waals surface area contributed by atoms with Gasteiger partial charge in [0.25, 0.3) is 0 Å². The van der Waals surface area contributed by atoms with E-state index in [1.807, 2.05) is 6.92 Å². The van der Waals surface area contributed by atoms with E-state index in [0.29, 0.717) is 12.5 Å². The van der Waals surface area contributed by atoms with Gasteiger partial charge in [-0.25, -0.2) is 17.5 Å². The zero-order valence-electron chi connectivity index (χ0n) is 11.1. The van der Waals surface area contributed by atoms with Crippen LogP contribution in [0.2, 0.25) is 0 Å². The summed E-state index contributed by atoms with van der Waals surface area (Å²) in [7, 11) is -3.84. The highest BCUT2D eigenvalue weighted by Gasteiger charge is 2.29. The van der Waals surface area contributed by atoms with Crippen LogP contribution in [0.25, 0.3) is 0 Å². The quantitative estimate of drug-likeness (QED) is 0.814. The van der Waals surface area contributed by atoms with Crippen LogP contribution in [0.1, 0.15) is 25.3 Å². The van der Waals surface area contributed by atoms with Crippen molar-refractivity contribution in [2.45, 2.75) is 31.6 Å². The van der Waals surface area contributed by atoms with Crippen LogP contribution in [0.3, 0.4) is 0 Å². The van der Waals surface area contributed by atoms with Gasteiger partial charge < -0.3 is 5.73 Å². The Balaban J connectivity index is 2.19. The van der Waals surface area contributed by atoms with E-state index >= 15 is 0 Å². The average Bonchev–Trinajstić information content (AvgIpc) is 3.14. The molecule has 1 fully saturated rings. The van der Waals surface area contributed by atoms with E-state index in [0.717, 1.165) is 18.9 Å². The van der Waals surface area contributed by atoms with Crippen molar-refractivity contribution < 1.29 is 12.8 Å². The molecule has 0 aliphatic heterocycles. The van der Waals surface area contributed by atoms with E-state index in [4.69, 9.17) is 5.73 Å². The van der Waals surface area contributed by atoms with Crippen molar-refractivity contribution in [1.82, 2.24) is 4.72 Å². The van der Waals surface area contributed by atoms with Crippen molar-refractivity contribution in [1.29, 1.82) is 0 Å². The predicted octanol–water partition coefficient (Wildman–Crippen LogP) is 2.04. The molecule has 0 spiro atoms. The molecule has 1 saturated carbocycles. The summed E-state index contributed by atoms with van der Waals surface area (Å²) >= 11 is 0. The maximum atomic E-state index is 13.9. The zero-order valence-corrected chi connectivity index (χ0v) is 11.9. The summed E-state index contributed by atoms with van der Waals surface area (Å²) in [5.74, 6) is 0.135. The molecule has 19 heavy (non-hydrogen) atoms. The Labute approximate surface area is 113 Å². The maximum Gasteiger partial charge on any atom is 0.243 e. The molecule has 2 rings (SSSR count). The molecule has 1 aromatic rings. The highest BCUT2D eigenvalue weighted by molar-refractivity contribution is 7.89. The number of nitrogens with two attached hydrogens (primary N) is 1. The number of anilines is 1. The van der Waals surface area contributed by atoms with Crippen molar-refractivity contribution in [3.8, 4) is 0 Å². The number of nitrogen functional groups attached to an aromatic ring is 1. The smallest absolute Gasteiger partial charge is 0.243 e. The average molecular weight is 286 g/mol. The van der Waals surface area contributed by atoms with E-state index in [9.17, 15) is 12.8 Å². The number of hydrogen-bond donors (Lipinski definition) is 2. The van der Waals surface area contributed by atoms with Crippen molar-refractivity contribution in [3.05, 3.63) is 23.5 Å². The molecule has 1 atom stereocenters. The van der Waals surface area contributed by atoms with Crippen LogP contribution in [0.15, 0.2) is 17.0 Å². The molecule has 1 aromatic carbocycles. The van der Waals surface area contributed by atoms with Gasteiger partial charge in [-0.3, -0.25) is 0 Å². The Hall–Kier alpha value is -1.14. The summed E-state index contributed by atoms with van der Waals surface area (Å²) in [4.78, 5) is -0.368. The minimum Gasteiger partial charge on any atom is -0.399 e. The molecular formula is C13H19FN2O2S. The first-order valence-electron chi connectivity index (χ1n) is 6.36. The molecule has 1 unspecified atom stereocenters. The molecule has 0 aromatic heterocycles. The van der Waals surface area contributed by atoms with Gasteiger partial charge in [-0.05, 0) is 49.3 Å². The Morgan fingerprint density at radius 2 is 2.11 bits per heavy atom. The molecule has 0 radical (unpaired) electrons. The number of sulfonamides is 1. The van der Waals surface area contributed by atoms with Gasteiger partial charge in [0.15, 0.2) is 0 Å². The Bertz CT molecular complexity index is 583. The summed E-state index contributed by atoms with van der Waals surface area (Å²) in [6.45, 7) is 3.83. The van der Waals surface area contributed by atoms with Crippen LogP contribution in [-0.2, 0) is 10.0 Å². The monoisotopic (exact) mass is 286 g/mol. The fourth-order valence-corrected chi connectivity index (χ4v) is 3.44. The minimum atomic E-state index is -3.84. The number of benzene rings is 1. The van der Waals surface area contributed by atoms with Crippen molar-refractivity contribution in [2.24, 2.45) is 11.8 Å². The molecule has 4 nitrogen and oxygen atoms in total. The third-order valence-corrected chi connectivity index (χ3v) is 4.98. The molecule has 1 aliphatic rings. The number of halogens is 1. The molecule has 0 amide bonds. The lowest BCUT2D eigenvalue weighted by atomic mass is 10.1. The molecule has 106 valence electrons. The predicted molar refractivity (Wildman–Crippen MR) is 72.6 cm³/mol. The van der Waals surface area contributed by atoms with Crippen LogP contribution in [-0.4, -0.2) is 15.0 Å². The Morgan fingerprint density at radius 3 is 2.68 bits per heavy atom. The highest BCUT2D eigenvalue weighted by atomic mass is 32.2. The fourth-order valence-electron chi connectivity index (χ4n) is 2.11. The molecule has 3 N–H and O–H groups in total. The molecule has 1 aliphatic carbocycles. The topological polar surface area (TPSA) is 72.2 Å². The van der Waals surface area contributed by atoms with Gasteiger partial charge in [-0.2, -0.15) is 0 Å². The van der Waals surface area contributed by atoms with Crippen LogP contribution in [0.4, 0.5) is 10.1 Å². The molecule has 0 saturated heterocycles. The van der Waals surface area contributed by atoms with Crippen molar-refractivity contribution in [3.63, 3.8) is 0 Å². The Kier molecular flexibility index (Phi) is 3.82. The summed E-state index contributed by atoms with van der Waals surface area (Å²) in [6, 6.07) is 2.58. The second kappa shape index (κ2) is 5.09. The van der Waals surface area contributed by atoms with Gasteiger partial charge in [0, 0.05) is 12.2 Å². The second-order valence-electron chi connectivity index (χ2n) is 5.32. The van der Waals surface area contributed by atoms with E-state index in [-0.39, 0.29) is 22.1 Å². The van der Waals surface area contributed by atoms with Crippen LogP contribution in [0.5, 0.6) is 0 Å². The van der Waals surface area contributed by atoms with Gasteiger partial charge >= 0.3 is 0 Å². The van der Waals surface area contributed by atoms with E-state index in [2.05, 4.69) is 4.72 Å². The summed E-state index contributed by atoms with van der Waals surface area (Å²) in [5, 5.41) is 0. The fraction of sp³-hybridized carbons (Fsp3) is 0.538. The van der Waals surface area contributed by atoms with Gasteiger partial charge in [0.1, 0.15) is 10.7 Å². The maximum absolute atomic E-state index is 13.9. The molecule has 0 bridgehead atoms. The van der Waals surface area contributed by atoms with E-state index in [1.165, 1.54) is 13.0 Å². The van der Waals surface area contributed by atoms with E-state index in [1.54, 1.807) is 0 Å². The number of aryl methyl sites for hydroxylation is 1. The van der Waals surface area contributed by atoms with Gasteiger partial charge in [0.2, 0.25) is 10.0 Å². The summed E-state index contributed by atoms with van der Waals surface area (Å²) in [5.41, 5.74) is 6.06. The van der Waals surface area contributed by atoms with Crippen LogP contribution >= 0.6 is 0 Å². The molecule has 6 heteroatoms. The number of rotatable bonds is 5. The lowest BCUT2D eigenvalue weighted by Crippen LogP contribution is -2.30. The number of hydrogen-bond acceptors (Lipinski definition) is 3. The minimum absolute atomic E-state index is 0.232. The molecule has 0 heterocycles. The van der Waals surface area contributed by atoms with Gasteiger partial charge in [-0.15, -0.1) is 0 Å². The SMILES string of the molecule is Cc1cc(N)cc(S(=O)(=O)NCC(C)C2CC2)c1F. The first kappa shape index (κ1) is 14.3. The van der Waals surface area contributed by atoms with Crippen molar-refractivity contribution in [2.75, 3.05) is 12.3 Å². The molecular weight excluding hydrogens is 267 g/mol. The zero-order chi connectivity index (χ0) is 14.2. The lowest BCUT2D eigenvalue weighted by Gasteiger charge is -2.13. The summed E-state index contributed by atoms with van der Waals surface area (Å²) < 4.78 is 40.6.